The van der Waals surface area contributed by atoms with Gasteiger partial charge in [0, 0.05) is 0 Å². The highest BCUT2D eigenvalue weighted by molar-refractivity contribution is 5.65. The zero-order valence-electron chi connectivity index (χ0n) is 6.19. The van der Waals surface area contributed by atoms with Crippen LogP contribution in [0.4, 0.5) is 4.79 Å². The Kier molecular flexibility index (Phi) is 1.49. The van der Waals surface area contributed by atoms with Crippen LogP contribution in [0.1, 0.15) is 12.8 Å². The standard InChI is InChI=1S/C7H11NO3/c9-7(10)8-3-6-2-1-5(8)4-11-6/h5-6H,1-4H2,(H,9,10). The van der Waals surface area contributed by atoms with E-state index >= 15 is 0 Å². The minimum Gasteiger partial charge on any atom is -0.465 e. The van der Waals surface area contributed by atoms with E-state index in [1.54, 1.807) is 0 Å². The van der Waals surface area contributed by atoms with Crippen molar-refractivity contribution in [2.45, 2.75) is 25.0 Å². The number of nitrogens with zero attached hydrogens (tertiary/aromatic N) is 1. The Morgan fingerprint density at radius 2 is 2.36 bits per heavy atom. The molecule has 3 saturated heterocycles. The van der Waals surface area contributed by atoms with Gasteiger partial charge in [-0.2, -0.15) is 0 Å². The lowest BCUT2D eigenvalue weighted by Gasteiger charge is -2.43. The minimum atomic E-state index is -0.803. The van der Waals surface area contributed by atoms with Crippen molar-refractivity contribution in [2.24, 2.45) is 0 Å². The van der Waals surface area contributed by atoms with Gasteiger partial charge in [0.1, 0.15) is 0 Å². The third-order valence-electron chi connectivity index (χ3n) is 2.43. The number of hydrogen-bond acceptors (Lipinski definition) is 2. The van der Waals surface area contributed by atoms with E-state index in [0.717, 1.165) is 12.8 Å². The molecule has 0 radical (unpaired) electrons. The van der Waals surface area contributed by atoms with Gasteiger partial charge in [-0.05, 0) is 12.8 Å². The van der Waals surface area contributed by atoms with Gasteiger partial charge in [0.15, 0.2) is 0 Å². The monoisotopic (exact) mass is 157 g/mol. The number of carboxylic acid groups (broad SMARTS) is 1. The van der Waals surface area contributed by atoms with Crippen LogP contribution >= 0.6 is 0 Å². The van der Waals surface area contributed by atoms with Gasteiger partial charge in [0.05, 0.1) is 25.3 Å². The molecule has 3 rings (SSSR count). The molecule has 0 aromatic heterocycles. The van der Waals surface area contributed by atoms with Crippen molar-refractivity contribution in [2.75, 3.05) is 13.2 Å². The summed E-state index contributed by atoms with van der Waals surface area (Å²) in [6.07, 6.45) is 1.35. The Bertz CT molecular complexity index is 175. The van der Waals surface area contributed by atoms with E-state index in [4.69, 9.17) is 9.84 Å². The Hall–Kier alpha value is -0.770. The summed E-state index contributed by atoms with van der Waals surface area (Å²) >= 11 is 0. The van der Waals surface area contributed by atoms with E-state index < -0.39 is 6.09 Å². The van der Waals surface area contributed by atoms with Crippen molar-refractivity contribution in [3.63, 3.8) is 0 Å². The van der Waals surface area contributed by atoms with Gasteiger partial charge < -0.3 is 14.7 Å². The number of fused-ring (bicyclic) bond motifs is 3. The predicted molar refractivity (Wildman–Crippen MR) is 37.5 cm³/mol. The summed E-state index contributed by atoms with van der Waals surface area (Å²) in [4.78, 5) is 12.1. The Balaban J connectivity index is 2.08. The molecule has 0 aromatic carbocycles. The van der Waals surface area contributed by atoms with Gasteiger partial charge in [-0.15, -0.1) is 0 Å². The average Bonchev–Trinajstić information content (AvgIpc) is 2.06. The van der Waals surface area contributed by atoms with Gasteiger partial charge in [0.25, 0.3) is 0 Å². The lowest BCUT2D eigenvalue weighted by Crippen LogP contribution is -2.56. The zero-order chi connectivity index (χ0) is 7.84. The molecular weight excluding hydrogens is 146 g/mol. The van der Waals surface area contributed by atoms with Crippen LogP contribution < -0.4 is 0 Å². The number of ether oxygens (including phenoxy) is 1. The van der Waals surface area contributed by atoms with Gasteiger partial charge in [-0.25, -0.2) is 4.79 Å². The molecule has 4 nitrogen and oxygen atoms in total. The second-order valence-corrected chi connectivity index (χ2v) is 3.12. The first kappa shape index (κ1) is 6.91. The first-order valence-electron chi connectivity index (χ1n) is 3.88. The van der Waals surface area contributed by atoms with Crippen molar-refractivity contribution >= 4 is 6.09 Å². The Labute approximate surface area is 64.7 Å². The number of amides is 1. The van der Waals surface area contributed by atoms with Crippen LogP contribution in [-0.4, -0.2) is 41.4 Å². The number of hydrogen-bond donors (Lipinski definition) is 1. The minimum absolute atomic E-state index is 0.123. The van der Waals surface area contributed by atoms with E-state index in [0.29, 0.717) is 13.2 Å². The van der Waals surface area contributed by atoms with Gasteiger partial charge >= 0.3 is 6.09 Å². The maximum absolute atomic E-state index is 10.6. The molecule has 3 aliphatic heterocycles. The normalized spacial score (nSPS) is 35.8. The highest BCUT2D eigenvalue weighted by Crippen LogP contribution is 2.25. The van der Waals surface area contributed by atoms with Crippen molar-refractivity contribution in [1.82, 2.24) is 4.90 Å². The van der Waals surface area contributed by atoms with E-state index in [9.17, 15) is 4.79 Å². The molecule has 3 heterocycles. The third-order valence-corrected chi connectivity index (χ3v) is 2.43. The molecule has 1 N–H and O–H groups in total. The van der Waals surface area contributed by atoms with Gasteiger partial charge in [-0.3, -0.25) is 0 Å². The Morgan fingerprint density at radius 1 is 1.55 bits per heavy atom. The van der Waals surface area contributed by atoms with Crippen LogP contribution in [0.25, 0.3) is 0 Å². The molecular formula is C7H11NO3. The van der Waals surface area contributed by atoms with E-state index in [-0.39, 0.29) is 12.1 Å². The van der Waals surface area contributed by atoms with Crippen molar-refractivity contribution in [1.29, 1.82) is 0 Å². The van der Waals surface area contributed by atoms with Crippen LogP contribution in [0.15, 0.2) is 0 Å². The molecule has 0 saturated carbocycles. The predicted octanol–water partition coefficient (Wildman–Crippen LogP) is 0.528. The number of piperidine rings is 1. The SMILES string of the molecule is O=C(O)N1CC2CCC1CO2. The molecule has 62 valence electrons. The van der Waals surface area contributed by atoms with Crippen molar-refractivity contribution in [3.8, 4) is 0 Å². The molecule has 0 spiro atoms. The van der Waals surface area contributed by atoms with Crippen molar-refractivity contribution in [3.05, 3.63) is 0 Å². The fourth-order valence-corrected chi connectivity index (χ4v) is 1.78. The molecule has 1 amide bonds. The van der Waals surface area contributed by atoms with Crippen LogP contribution in [0.3, 0.4) is 0 Å². The lowest BCUT2D eigenvalue weighted by atomic mass is 9.98. The molecule has 11 heavy (non-hydrogen) atoms. The van der Waals surface area contributed by atoms with Crippen LogP contribution in [0, 0.1) is 0 Å². The van der Waals surface area contributed by atoms with E-state index in [2.05, 4.69) is 0 Å². The van der Waals surface area contributed by atoms with Crippen molar-refractivity contribution < 1.29 is 14.6 Å². The lowest BCUT2D eigenvalue weighted by molar-refractivity contribution is -0.0943. The quantitative estimate of drug-likeness (QED) is 0.558. The molecule has 3 fully saturated rings. The zero-order valence-corrected chi connectivity index (χ0v) is 6.19. The second kappa shape index (κ2) is 2.37. The van der Waals surface area contributed by atoms with Gasteiger partial charge in [0.2, 0.25) is 0 Å². The van der Waals surface area contributed by atoms with Crippen LogP contribution in [0.2, 0.25) is 0 Å². The maximum atomic E-state index is 10.6. The highest BCUT2D eigenvalue weighted by atomic mass is 16.5. The first-order chi connectivity index (χ1) is 5.27. The fourth-order valence-electron chi connectivity index (χ4n) is 1.78. The molecule has 2 unspecified atom stereocenters. The topological polar surface area (TPSA) is 49.8 Å². The van der Waals surface area contributed by atoms with Crippen LogP contribution in [0.5, 0.6) is 0 Å². The fraction of sp³-hybridized carbons (Fsp3) is 0.857. The summed E-state index contributed by atoms with van der Waals surface area (Å²) in [5.41, 5.74) is 0. The average molecular weight is 157 g/mol. The van der Waals surface area contributed by atoms with Gasteiger partial charge in [-0.1, -0.05) is 0 Å². The summed E-state index contributed by atoms with van der Waals surface area (Å²) in [5.74, 6) is 0. The smallest absolute Gasteiger partial charge is 0.407 e. The number of rotatable bonds is 0. The maximum Gasteiger partial charge on any atom is 0.407 e. The molecule has 2 bridgehead atoms. The van der Waals surface area contributed by atoms with E-state index in [1.165, 1.54) is 4.90 Å². The Morgan fingerprint density at radius 3 is 2.64 bits per heavy atom. The highest BCUT2D eigenvalue weighted by Gasteiger charge is 2.36. The summed E-state index contributed by atoms with van der Waals surface area (Å²) < 4.78 is 5.35. The third kappa shape index (κ3) is 1.07. The summed E-state index contributed by atoms with van der Waals surface area (Å²) in [6, 6.07) is 0.123. The molecule has 2 atom stereocenters. The molecule has 0 aliphatic carbocycles. The second-order valence-electron chi connectivity index (χ2n) is 3.12. The summed E-state index contributed by atoms with van der Waals surface area (Å²) in [6.45, 7) is 1.16. The summed E-state index contributed by atoms with van der Waals surface area (Å²) in [5, 5.41) is 8.73. The summed E-state index contributed by atoms with van der Waals surface area (Å²) in [7, 11) is 0. The van der Waals surface area contributed by atoms with Crippen LogP contribution in [-0.2, 0) is 4.74 Å². The molecule has 3 aliphatic rings. The number of morpholine rings is 1. The molecule has 0 aromatic rings. The van der Waals surface area contributed by atoms with E-state index in [1.807, 2.05) is 0 Å². The number of carbonyl (C=O) groups is 1. The first-order valence-corrected chi connectivity index (χ1v) is 3.88. The molecule has 4 heteroatoms. The largest absolute Gasteiger partial charge is 0.465 e.